The molecule has 1 aromatic rings. The summed E-state index contributed by atoms with van der Waals surface area (Å²) >= 11 is 0. The molecule has 0 aromatic carbocycles. The summed E-state index contributed by atoms with van der Waals surface area (Å²) in [6.07, 6.45) is 1.82. The molecule has 21 heavy (non-hydrogen) atoms. The van der Waals surface area contributed by atoms with Gasteiger partial charge in [0.15, 0.2) is 5.96 Å². The van der Waals surface area contributed by atoms with Gasteiger partial charge in [-0.25, -0.2) is 4.98 Å². The van der Waals surface area contributed by atoms with Gasteiger partial charge in [-0.2, -0.15) is 0 Å². The summed E-state index contributed by atoms with van der Waals surface area (Å²) < 4.78 is 2.01. The lowest BCUT2D eigenvalue weighted by atomic mass is 10.4. The Kier molecular flexibility index (Phi) is 6.01. The van der Waals surface area contributed by atoms with Gasteiger partial charge in [0.1, 0.15) is 0 Å². The number of anilines is 1. The number of rotatable bonds is 5. The molecule has 2 N–H and O–H groups in total. The van der Waals surface area contributed by atoms with Gasteiger partial charge in [0.25, 0.3) is 0 Å². The number of imidazole rings is 1. The Morgan fingerprint density at radius 2 is 2.00 bits per heavy atom. The molecule has 0 unspecified atom stereocenters. The van der Waals surface area contributed by atoms with Gasteiger partial charge in [0, 0.05) is 42.3 Å². The van der Waals surface area contributed by atoms with Gasteiger partial charge >= 0.3 is 0 Å². The minimum absolute atomic E-state index is 0.00613. The van der Waals surface area contributed by atoms with Gasteiger partial charge < -0.3 is 25.0 Å². The molecule has 0 aliphatic rings. The smallest absolute Gasteiger partial charge is 0.241 e. The van der Waals surface area contributed by atoms with Crippen LogP contribution in [0.25, 0.3) is 0 Å². The number of hydrogen-bond donors (Lipinski definition) is 2. The van der Waals surface area contributed by atoms with Gasteiger partial charge in [-0.15, -0.1) is 0 Å². The van der Waals surface area contributed by atoms with E-state index in [1.54, 1.807) is 21.1 Å². The van der Waals surface area contributed by atoms with Gasteiger partial charge in [0.05, 0.1) is 25.0 Å². The number of nitrogens with one attached hydrogen (secondary N) is 2. The van der Waals surface area contributed by atoms with Crippen LogP contribution in [0.3, 0.4) is 0 Å². The molecule has 1 aromatic heterocycles. The van der Waals surface area contributed by atoms with Crippen molar-refractivity contribution < 1.29 is 4.79 Å². The molecule has 0 radical (unpaired) electrons. The van der Waals surface area contributed by atoms with Crippen molar-refractivity contribution in [3.63, 3.8) is 0 Å². The quantitative estimate of drug-likeness (QED) is 0.551. The zero-order valence-electron chi connectivity index (χ0n) is 13.6. The maximum Gasteiger partial charge on any atom is 0.241 e. The van der Waals surface area contributed by atoms with Gasteiger partial charge in [-0.3, -0.25) is 9.79 Å². The predicted molar refractivity (Wildman–Crippen MR) is 84.4 cm³/mol. The molecular weight excluding hydrogens is 270 g/mol. The molecule has 0 aliphatic heterocycles. The molecule has 0 bridgehead atoms. The average Bonchev–Trinajstić information content (AvgIpc) is 2.80. The number of amides is 1. The normalized spacial score (nSPS) is 11.2. The second-order valence-corrected chi connectivity index (χ2v) is 5.07. The molecule has 0 saturated carbocycles. The lowest BCUT2D eigenvalue weighted by molar-refractivity contribution is -0.127. The van der Waals surface area contributed by atoms with E-state index in [1.165, 1.54) is 4.90 Å². The Balaban J connectivity index is 2.55. The highest BCUT2D eigenvalue weighted by molar-refractivity contribution is 5.86. The molecule has 0 saturated heterocycles. The summed E-state index contributed by atoms with van der Waals surface area (Å²) in [5.41, 5.74) is 1.03. The van der Waals surface area contributed by atoms with E-state index in [2.05, 4.69) is 20.6 Å². The average molecular weight is 295 g/mol. The van der Waals surface area contributed by atoms with Crippen LogP contribution in [0.4, 0.5) is 5.95 Å². The number of hydrogen-bond acceptors (Lipinski definition) is 4. The Labute approximate surface area is 125 Å². The summed E-state index contributed by atoms with van der Waals surface area (Å²) in [5.74, 6) is 1.46. The van der Waals surface area contributed by atoms with E-state index in [-0.39, 0.29) is 12.5 Å². The summed E-state index contributed by atoms with van der Waals surface area (Å²) in [7, 11) is 11.0. The molecule has 1 rings (SSSR count). The predicted octanol–water partition coefficient (Wildman–Crippen LogP) is -0.761. The molecule has 8 heteroatoms. The van der Waals surface area contributed by atoms with Crippen molar-refractivity contribution >= 4 is 17.8 Å². The first kappa shape index (κ1) is 16.8. The largest absolute Gasteiger partial charge is 0.351 e. The Morgan fingerprint density at radius 1 is 1.33 bits per heavy atom. The van der Waals surface area contributed by atoms with Crippen molar-refractivity contribution in [3.8, 4) is 0 Å². The number of aromatic nitrogens is 2. The van der Waals surface area contributed by atoms with E-state index in [4.69, 9.17) is 0 Å². The topological polar surface area (TPSA) is 77.8 Å². The third-order valence-electron chi connectivity index (χ3n) is 3.03. The lowest BCUT2D eigenvalue weighted by Gasteiger charge is -2.15. The van der Waals surface area contributed by atoms with Crippen LogP contribution in [0.15, 0.2) is 11.2 Å². The van der Waals surface area contributed by atoms with Gasteiger partial charge in [-0.05, 0) is 0 Å². The highest BCUT2D eigenvalue weighted by Crippen LogP contribution is 2.10. The van der Waals surface area contributed by atoms with Crippen LogP contribution in [0.5, 0.6) is 0 Å². The molecule has 8 nitrogen and oxygen atoms in total. The maximum atomic E-state index is 11.5. The van der Waals surface area contributed by atoms with Crippen molar-refractivity contribution in [1.82, 2.24) is 25.1 Å². The number of carbonyl (C=O) groups is 1. The number of aliphatic imine (C=N–C) groups is 1. The maximum absolute atomic E-state index is 11.5. The Bertz CT molecular complexity index is 505. The first-order valence-corrected chi connectivity index (χ1v) is 6.69. The Morgan fingerprint density at radius 3 is 2.48 bits per heavy atom. The fraction of sp³-hybridized carbons (Fsp3) is 0.615. The molecule has 1 amide bonds. The number of likely N-dealkylation sites (N-methyl/N-ethyl adjacent to an activating group) is 1. The Hall–Kier alpha value is -2.25. The van der Waals surface area contributed by atoms with E-state index < -0.39 is 0 Å². The van der Waals surface area contributed by atoms with Crippen LogP contribution < -0.4 is 15.5 Å². The number of guanidine groups is 1. The zero-order valence-corrected chi connectivity index (χ0v) is 13.6. The van der Waals surface area contributed by atoms with Crippen LogP contribution >= 0.6 is 0 Å². The van der Waals surface area contributed by atoms with Crippen LogP contribution in [0.1, 0.15) is 5.69 Å². The van der Waals surface area contributed by atoms with Crippen molar-refractivity contribution in [2.75, 3.05) is 46.7 Å². The van der Waals surface area contributed by atoms with Gasteiger partial charge in [0.2, 0.25) is 11.9 Å². The van der Waals surface area contributed by atoms with E-state index in [9.17, 15) is 4.79 Å². The summed E-state index contributed by atoms with van der Waals surface area (Å²) in [5, 5.41) is 6.14. The molecule has 0 aliphatic carbocycles. The van der Waals surface area contributed by atoms with Gasteiger partial charge in [-0.1, -0.05) is 0 Å². The highest BCUT2D eigenvalue weighted by Gasteiger charge is 2.09. The second-order valence-electron chi connectivity index (χ2n) is 5.07. The number of carbonyl (C=O) groups excluding carboxylic acids is 1. The van der Waals surface area contributed by atoms with E-state index in [0.717, 1.165) is 11.6 Å². The first-order valence-electron chi connectivity index (χ1n) is 6.69. The third-order valence-corrected chi connectivity index (χ3v) is 3.03. The number of nitrogens with zero attached hydrogens (tertiary/aromatic N) is 5. The summed E-state index contributed by atoms with van der Waals surface area (Å²) in [6, 6.07) is 0. The molecule has 0 fully saturated rings. The minimum atomic E-state index is -0.00613. The van der Waals surface area contributed by atoms with E-state index in [0.29, 0.717) is 12.5 Å². The van der Waals surface area contributed by atoms with Crippen molar-refractivity contribution in [2.45, 2.75) is 6.54 Å². The first-order chi connectivity index (χ1) is 9.86. The van der Waals surface area contributed by atoms with Crippen molar-refractivity contribution in [3.05, 3.63) is 11.9 Å². The fourth-order valence-corrected chi connectivity index (χ4v) is 1.73. The van der Waals surface area contributed by atoms with Crippen LogP contribution in [-0.2, 0) is 18.4 Å². The molecule has 0 atom stereocenters. The fourth-order valence-electron chi connectivity index (χ4n) is 1.73. The SMILES string of the molecule is CN=C(NCC(=O)N(C)C)NCc1cnc(N(C)C)n1C. The minimum Gasteiger partial charge on any atom is -0.351 e. The molecule has 1 heterocycles. The monoisotopic (exact) mass is 295 g/mol. The summed E-state index contributed by atoms with van der Waals surface area (Å²) in [6.45, 7) is 0.786. The molecular formula is C13H25N7O. The van der Waals surface area contributed by atoms with Crippen LogP contribution in [0, 0.1) is 0 Å². The second kappa shape index (κ2) is 7.51. The lowest BCUT2D eigenvalue weighted by Crippen LogP contribution is -2.42. The molecule has 118 valence electrons. The van der Waals surface area contributed by atoms with E-state index >= 15 is 0 Å². The standard InChI is InChI=1S/C13H25N7O/c1-14-12(16-9-11(21)18(2)3)15-7-10-8-17-13(19(4)5)20(10)6/h8H,7,9H2,1-6H3,(H2,14,15,16). The molecule has 0 spiro atoms. The highest BCUT2D eigenvalue weighted by atomic mass is 16.2. The summed E-state index contributed by atoms with van der Waals surface area (Å²) in [4.78, 5) is 23.4. The third kappa shape index (κ3) is 4.66. The van der Waals surface area contributed by atoms with Crippen molar-refractivity contribution in [1.29, 1.82) is 0 Å². The van der Waals surface area contributed by atoms with Crippen LogP contribution in [-0.4, -0.2) is 68.1 Å². The van der Waals surface area contributed by atoms with Crippen LogP contribution in [0.2, 0.25) is 0 Å². The van der Waals surface area contributed by atoms with E-state index in [1.807, 2.05) is 36.8 Å². The zero-order chi connectivity index (χ0) is 16.0. The van der Waals surface area contributed by atoms with Crippen molar-refractivity contribution in [2.24, 2.45) is 12.0 Å².